The van der Waals surface area contributed by atoms with Crippen LogP contribution in [0, 0.1) is 0 Å². The fraction of sp³-hybridized carbons (Fsp3) is 0.235. The third-order valence-electron chi connectivity index (χ3n) is 3.74. The van der Waals surface area contributed by atoms with E-state index in [1.807, 2.05) is 0 Å². The second-order valence-corrected chi connectivity index (χ2v) is 7.67. The first-order chi connectivity index (χ1) is 11.9. The van der Waals surface area contributed by atoms with E-state index in [4.69, 9.17) is 26.3 Å². The minimum atomic E-state index is -4.00. The Bertz CT molecular complexity index is 854. The molecule has 1 fully saturated rings. The van der Waals surface area contributed by atoms with Gasteiger partial charge >= 0.3 is 0 Å². The van der Waals surface area contributed by atoms with E-state index in [0.717, 1.165) is 0 Å². The van der Waals surface area contributed by atoms with Crippen molar-refractivity contribution in [3.8, 4) is 0 Å². The van der Waals surface area contributed by atoms with Gasteiger partial charge in [0, 0.05) is 5.02 Å². The smallest absolute Gasteiger partial charge is 0.272 e. The van der Waals surface area contributed by atoms with Gasteiger partial charge < -0.3 is 10.5 Å². The molecule has 1 heterocycles. The molecule has 2 aromatic rings. The Morgan fingerprint density at radius 2 is 1.72 bits per heavy atom. The fourth-order valence-corrected chi connectivity index (χ4v) is 3.87. The fourth-order valence-electron chi connectivity index (χ4n) is 2.56. The summed E-state index contributed by atoms with van der Waals surface area (Å²) < 4.78 is 34.9. The molecule has 0 aromatic heterocycles. The molecule has 0 radical (unpaired) electrons. The number of halogens is 1. The Hall–Kier alpha value is -1.77. The van der Waals surface area contributed by atoms with Gasteiger partial charge in [-0.3, -0.25) is 8.98 Å². The Balaban J connectivity index is 1.74. The highest BCUT2D eigenvalue weighted by molar-refractivity contribution is 7.85. The predicted molar refractivity (Wildman–Crippen MR) is 92.2 cm³/mol. The lowest BCUT2D eigenvalue weighted by Gasteiger charge is -2.13. The highest BCUT2D eigenvalue weighted by Gasteiger charge is 2.45. The van der Waals surface area contributed by atoms with Crippen molar-refractivity contribution in [2.75, 3.05) is 0 Å². The van der Waals surface area contributed by atoms with Crippen molar-refractivity contribution < 1.29 is 22.1 Å². The minimum Gasteiger partial charge on any atom is -0.344 e. The van der Waals surface area contributed by atoms with Crippen molar-refractivity contribution in [3.05, 3.63) is 70.7 Å². The molecule has 0 amide bonds. The van der Waals surface area contributed by atoms with Crippen LogP contribution in [0.4, 0.5) is 0 Å². The number of benzene rings is 2. The summed E-state index contributed by atoms with van der Waals surface area (Å²) in [6, 6.07) is 15.0. The summed E-state index contributed by atoms with van der Waals surface area (Å²) in [5.41, 5.74) is 6.86. The normalized spacial score (nSPS) is 23.8. The number of ether oxygens (including phenoxy) is 1. The lowest BCUT2D eigenvalue weighted by atomic mass is 10.0. The van der Waals surface area contributed by atoms with Crippen molar-refractivity contribution in [2.24, 2.45) is 5.73 Å². The van der Waals surface area contributed by atoms with Crippen LogP contribution in [0.3, 0.4) is 0 Å². The van der Waals surface area contributed by atoms with Gasteiger partial charge in [0.15, 0.2) is 11.9 Å². The molecule has 6 nitrogen and oxygen atoms in total. The summed E-state index contributed by atoms with van der Waals surface area (Å²) in [5.74, 6) is -0.887. The van der Waals surface area contributed by atoms with Crippen molar-refractivity contribution in [2.45, 2.75) is 24.2 Å². The van der Waals surface area contributed by atoms with E-state index in [1.54, 1.807) is 54.6 Å². The molecular weight excluding hydrogens is 366 g/mol. The van der Waals surface area contributed by atoms with E-state index in [9.17, 15) is 13.2 Å². The monoisotopic (exact) mass is 381 g/mol. The van der Waals surface area contributed by atoms with Gasteiger partial charge in [-0.25, -0.2) is 0 Å². The van der Waals surface area contributed by atoms with E-state index in [0.29, 0.717) is 16.1 Å². The summed E-state index contributed by atoms with van der Waals surface area (Å²) in [7, 11) is -4.00. The van der Waals surface area contributed by atoms with Crippen LogP contribution < -0.4 is 5.73 Å². The molecule has 1 aliphatic rings. The molecule has 3 atom stereocenters. The molecule has 2 aromatic carbocycles. The van der Waals surface area contributed by atoms with Gasteiger partial charge in [0.2, 0.25) is 0 Å². The van der Waals surface area contributed by atoms with Crippen LogP contribution in [0.15, 0.2) is 54.6 Å². The van der Waals surface area contributed by atoms with Gasteiger partial charge in [0.1, 0.15) is 18.1 Å². The van der Waals surface area contributed by atoms with Gasteiger partial charge in [-0.1, -0.05) is 54.1 Å². The van der Waals surface area contributed by atoms with Gasteiger partial charge in [0.05, 0.1) is 0 Å². The summed E-state index contributed by atoms with van der Waals surface area (Å²) >= 11 is 5.82. The zero-order valence-electron chi connectivity index (χ0n) is 13.0. The van der Waals surface area contributed by atoms with Crippen LogP contribution in [-0.2, 0) is 29.6 Å². The predicted octanol–water partition coefficient (Wildman–Crippen LogP) is 2.18. The molecule has 1 saturated heterocycles. The number of ketones is 1. The maximum atomic E-state index is 12.5. The molecular formula is C17H16ClNO5S. The topological polar surface area (TPSA) is 95.7 Å². The minimum absolute atomic E-state index is 0.351. The SMILES string of the molecule is NC1O[C@@H](c2ccc(Cl)cc2)C(=O)C1OS(=O)(=O)Cc1ccccc1. The van der Waals surface area contributed by atoms with Crippen LogP contribution in [0.2, 0.25) is 5.02 Å². The summed E-state index contributed by atoms with van der Waals surface area (Å²) in [6.07, 6.45) is -3.53. The van der Waals surface area contributed by atoms with Crippen LogP contribution in [0.1, 0.15) is 17.2 Å². The molecule has 0 aliphatic carbocycles. The second kappa shape index (κ2) is 7.23. The summed E-state index contributed by atoms with van der Waals surface area (Å²) in [6.45, 7) is 0. The molecule has 0 saturated carbocycles. The summed E-state index contributed by atoms with van der Waals surface area (Å²) in [5, 5.41) is 0.511. The number of Topliss-reactive ketones (excluding diaryl/α,β-unsaturated/α-hetero) is 1. The zero-order valence-corrected chi connectivity index (χ0v) is 14.6. The molecule has 25 heavy (non-hydrogen) atoms. The zero-order chi connectivity index (χ0) is 18.0. The first kappa shape index (κ1) is 18.0. The average molecular weight is 382 g/mol. The molecule has 8 heteroatoms. The van der Waals surface area contributed by atoms with Gasteiger partial charge in [0.25, 0.3) is 10.1 Å². The quantitative estimate of drug-likeness (QED) is 0.797. The first-order valence-electron chi connectivity index (χ1n) is 7.51. The lowest BCUT2D eigenvalue weighted by Crippen LogP contribution is -2.38. The van der Waals surface area contributed by atoms with Crippen molar-refractivity contribution in [1.29, 1.82) is 0 Å². The number of nitrogens with two attached hydrogens (primary N) is 1. The largest absolute Gasteiger partial charge is 0.344 e. The summed E-state index contributed by atoms with van der Waals surface area (Å²) in [4.78, 5) is 12.5. The molecule has 0 bridgehead atoms. The number of hydrogen-bond donors (Lipinski definition) is 1. The van der Waals surface area contributed by atoms with Crippen LogP contribution in [0.5, 0.6) is 0 Å². The van der Waals surface area contributed by atoms with Crippen LogP contribution in [0.25, 0.3) is 0 Å². The second-order valence-electron chi connectivity index (χ2n) is 5.64. The van der Waals surface area contributed by atoms with Gasteiger partial charge in [-0.05, 0) is 23.3 Å². The Kier molecular flexibility index (Phi) is 5.21. The van der Waals surface area contributed by atoms with Crippen molar-refractivity contribution >= 4 is 27.5 Å². The average Bonchev–Trinajstić information content (AvgIpc) is 2.84. The van der Waals surface area contributed by atoms with E-state index in [1.165, 1.54) is 0 Å². The number of carbonyl (C=O) groups excluding carboxylic acids is 1. The standard InChI is InChI=1S/C17H16ClNO5S/c18-13-8-6-12(7-9-13)15-14(20)16(17(19)23-15)24-25(21,22)10-11-4-2-1-3-5-11/h1-9,15-17H,10,19H2/t15-,16?,17?/m0/s1. The molecule has 1 aliphatic heterocycles. The van der Waals surface area contributed by atoms with Crippen molar-refractivity contribution in [3.63, 3.8) is 0 Å². The Morgan fingerprint density at radius 1 is 1.08 bits per heavy atom. The molecule has 0 spiro atoms. The van der Waals surface area contributed by atoms with Crippen molar-refractivity contribution in [1.82, 2.24) is 0 Å². The van der Waals surface area contributed by atoms with E-state index in [2.05, 4.69) is 0 Å². The van der Waals surface area contributed by atoms with Gasteiger partial charge in [-0.2, -0.15) is 8.42 Å². The molecule has 3 rings (SSSR count). The third-order valence-corrected chi connectivity index (χ3v) is 5.18. The van der Waals surface area contributed by atoms with E-state index >= 15 is 0 Å². The van der Waals surface area contributed by atoms with Crippen LogP contribution in [-0.4, -0.2) is 26.5 Å². The molecule has 2 unspecified atom stereocenters. The van der Waals surface area contributed by atoms with Crippen LogP contribution >= 0.6 is 11.6 Å². The van der Waals surface area contributed by atoms with E-state index < -0.39 is 34.3 Å². The third kappa shape index (κ3) is 4.26. The Labute approximate surface area is 150 Å². The highest BCUT2D eigenvalue weighted by atomic mass is 35.5. The van der Waals surface area contributed by atoms with Gasteiger partial charge in [-0.15, -0.1) is 0 Å². The number of carbonyl (C=O) groups is 1. The highest BCUT2D eigenvalue weighted by Crippen LogP contribution is 2.31. The lowest BCUT2D eigenvalue weighted by molar-refractivity contribution is -0.126. The number of rotatable bonds is 5. The first-order valence-corrected chi connectivity index (χ1v) is 9.46. The maximum absolute atomic E-state index is 12.5. The Morgan fingerprint density at radius 3 is 2.36 bits per heavy atom. The number of hydrogen-bond acceptors (Lipinski definition) is 6. The van der Waals surface area contributed by atoms with E-state index in [-0.39, 0.29) is 5.75 Å². The molecule has 132 valence electrons. The maximum Gasteiger partial charge on any atom is 0.272 e. The molecule has 2 N–H and O–H groups in total.